The smallest absolute Gasteiger partial charge is 0.233 e. The van der Waals surface area contributed by atoms with E-state index < -0.39 is 10.0 Å². The van der Waals surface area contributed by atoms with Crippen LogP contribution in [-0.2, 0) is 16.4 Å². The largest absolute Gasteiger partial charge is 0.283 e. The summed E-state index contributed by atoms with van der Waals surface area (Å²) < 4.78 is 27.0. The molecule has 0 saturated carbocycles. The van der Waals surface area contributed by atoms with Gasteiger partial charge >= 0.3 is 0 Å². The maximum Gasteiger partial charge on any atom is 0.233 e. The van der Waals surface area contributed by atoms with E-state index >= 15 is 0 Å². The number of aryl methyl sites for hydroxylation is 1. The third-order valence-corrected chi connectivity index (χ3v) is 4.66. The van der Waals surface area contributed by atoms with Gasteiger partial charge in [0.25, 0.3) is 0 Å². The molecule has 0 aliphatic rings. The standard InChI is InChI=1S/C16H18ClNO2S/c1-13(17)15-9-5-6-10-16(15)18-21(19,20)12-11-14-7-3-2-4-8-14/h2-10,13,18H,11-12H2,1H3. The van der Waals surface area contributed by atoms with Crippen LogP contribution in [0.5, 0.6) is 0 Å². The molecule has 2 aromatic carbocycles. The van der Waals surface area contributed by atoms with Crippen LogP contribution in [-0.4, -0.2) is 14.2 Å². The quantitative estimate of drug-likeness (QED) is 0.818. The number of benzene rings is 2. The van der Waals surface area contributed by atoms with Crippen molar-refractivity contribution < 1.29 is 8.42 Å². The molecule has 2 aromatic rings. The molecule has 3 nitrogen and oxygen atoms in total. The molecule has 1 atom stereocenters. The molecule has 0 saturated heterocycles. The van der Waals surface area contributed by atoms with Crippen molar-refractivity contribution in [1.29, 1.82) is 0 Å². The summed E-state index contributed by atoms with van der Waals surface area (Å²) in [6.07, 6.45) is 0.481. The molecule has 2 rings (SSSR count). The third-order valence-electron chi connectivity index (χ3n) is 3.16. The Kier molecular flexibility index (Phi) is 5.26. The molecule has 1 N–H and O–H groups in total. The predicted molar refractivity (Wildman–Crippen MR) is 88.3 cm³/mol. The van der Waals surface area contributed by atoms with Crippen LogP contribution in [0.25, 0.3) is 0 Å². The summed E-state index contributed by atoms with van der Waals surface area (Å²) in [6, 6.07) is 16.7. The molecule has 0 fully saturated rings. The van der Waals surface area contributed by atoms with Gasteiger partial charge in [-0.1, -0.05) is 48.5 Å². The van der Waals surface area contributed by atoms with Crippen LogP contribution >= 0.6 is 11.6 Å². The van der Waals surface area contributed by atoms with Crippen LogP contribution in [0.3, 0.4) is 0 Å². The molecule has 0 spiro atoms. The van der Waals surface area contributed by atoms with Gasteiger partial charge in [0.2, 0.25) is 10.0 Å². The first-order valence-corrected chi connectivity index (χ1v) is 8.84. The average molecular weight is 324 g/mol. The summed E-state index contributed by atoms with van der Waals surface area (Å²) in [6.45, 7) is 1.82. The van der Waals surface area contributed by atoms with E-state index in [4.69, 9.17) is 11.6 Å². The summed E-state index contributed by atoms with van der Waals surface area (Å²) in [4.78, 5) is 0. The Morgan fingerprint density at radius 3 is 2.33 bits per heavy atom. The molecule has 0 heterocycles. The molecule has 1 unspecified atom stereocenters. The fourth-order valence-electron chi connectivity index (χ4n) is 2.05. The highest BCUT2D eigenvalue weighted by Gasteiger charge is 2.14. The van der Waals surface area contributed by atoms with Crippen LogP contribution in [0.1, 0.15) is 23.4 Å². The lowest BCUT2D eigenvalue weighted by atomic mass is 10.1. The SMILES string of the molecule is CC(Cl)c1ccccc1NS(=O)(=O)CCc1ccccc1. The number of alkyl halides is 1. The Labute approximate surface area is 131 Å². The monoisotopic (exact) mass is 323 g/mol. The molecular weight excluding hydrogens is 306 g/mol. The number of rotatable bonds is 6. The van der Waals surface area contributed by atoms with Crippen molar-refractivity contribution in [3.63, 3.8) is 0 Å². The number of hydrogen-bond acceptors (Lipinski definition) is 2. The Morgan fingerprint density at radius 1 is 1.05 bits per heavy atom. The maximum atomic E-state index is 12.2. The fourth-order valence-corrected chi connectivity index (χ4v) is 3.37. The lowest BCUT2D eigenvalue weighted by molar-refractivity contribution is 0.600. The normalized spacial score (nSPS) is 12.9. The Morgan fingerprint density at radius 2 is 1.67 bits per heavy atom. The zero-order chi connectivity index (χ0) is 15.3. The van der Waals surface area contributed by atoms with Crippen molar-refractivity contribution in [1.82, 2.24) is 0 Å². The first-order valence-electron chi connectivity index (χ1n) is 6.75. The number of nitrogens with one attached hydrogen (secondary N) is 1. The van der Waals surface area contributed by atoms with Gasteiger partial charge in [-0.3, -0.25) is 4.72 Å². The minimum atomic E-state index is -3.40. The van der Waals surface area contributed by atoms with Gasteiger partial charge in [0.05, 0.1) is 16.8 Å². The summed E-state index contributed by atoms with van der Waals surface area (Å²) in [5.41, 5.74) is 2.33. The van der Waals surface area contributed by atoms with Crippen LogP contribution in [0.4, 0.5) is 5.69 Å². The number of hydrogen-bond donors (Lipinski definition) is 1. The minimum Gasteiger partial charge on any atom is -0.283 e. The van der Waals surface area contributed by atoms with Crippen molar-refractivity contribution in [3.8, 4) is 0 Å². The highest BCUT2D eigenvalue weighted by molar-refractivity contribution is 7.92. The number of halogens is 1. The molecule has 0 aliphatic carbocycles. The summed E-state index contributed by atoms with van der Waals surface area (Å²) >= 11 is 6.08. The van der Waals surface area contributed by atoms with E-state index in [1.807, 2.05) is 49.4 Å². The van der Waals surface area contributed by atoms with Gasteiger partial charge < -0.3 is 0 Å². The third kappa shape index (κ3) is 4.76. The zero-order valence-electron chi connectivity index (χ0n) is 11.8. The summed E-state index contributed by atoms with van der Waals surface area (Å²) in [7, 11) is -3.40. The van der Waals surface area contributed by atoms with Crippen molar-refractivity contribution in [2.75, 3.05) is 10.5 Å². The average Bonchev–Trinajstić information content (AvgIpc) is 2.46. The number of para-hydroxylation sites is 1. The molecule has 5 heteroatoms. The summed E-state index contributed by atoms with van der Waals surface area (Å²) in [5, 5.41) is -0.252. The van der Waals surface area contributed by atoms with E-state index in [2.05, 4.69) is 4.72 Å². The molecule has 0 aromatic heterocycles. The fraction of sp³-hybridized carbons (Fsp3) is 0.250. The van der Waals surface area contributed by atoms with Gasteiger partial charge in [-0.05, 0) is 30.5 Å². The van der Waals surface area contributed by atoms with Crippen molar-refractivity contribution in [3.05, 3.63) is 65.7 Å². The first kappa shape index (κ1) is 15.9. The van der Waals surface area contributed by atoms with Gasteiger partial charge in [-0.2, -0.15) is 0 Å². The maximum absolute atomic E-state index is 12.2. The first-order chi connectivity index (χ1) is 9.98. The van der Waals surface area contributed by atoms with Crippen molar-refractivity contribution in [2.45, 2.75) is 18.7 Å². The van der Waals surface area contributed by atoms with E-state index in [0.29, 0.717) is 12.1 Å². The van der Waals surface area contributed by atoms with Gasteiger partial charge in [0.15, 0.2) is 0 Å². The van der Waals surface area contributed by atoms with E-state index in [-0.39, 0.29) is 11.1 Å². The Hall–Kier alpha value is -1.52. The van der Waals surface area contributed by atoms with E-state index in [1.165, 1.54) is 0 Å². The molecule has 21 heavy (non-hydrogen) atoms. The number of sulfonamides is 1. The van der Waals surface area contributed by atoms with Crippen LogP contribution in [0.15, 0.2) is 54.6 Å². The second kappa shape index (κ2) is 6.96. The van der Waals surface area contributed by atoms with Gasteiger partial charge in [-0.15, -0.1) is 11.6 Å². The van der Waals surface area contributed by atoms with Gasteiger partial charge in [0, 0.05) is 0 Å². The second-order valence-electron chi connectivity index (χ2n) is 4.86. The van der Waals surface area contributed by atoms with Crippen LogP contribution < -0.4 is 4.72 Å². The van der Waals surface area contributed by atoms with E-state index in [1.54, 1.807) is 12.1 Å². The van der Waals surface area contributed by atoms with E-state index in [9.17, 15) is 8.42 Å². The molecule has 0 bridgehead atoms. The summed E-state index contributed by atoms with van der Waals surface area (Å²) in [5.74, 6) is 0.0437. The Bertz CT molecular complexity index is 684. The highest BCUT2D eigenvalue weighted by Crippen LogP contribution is 2.27. The van der Waals surface area contributed by atoms with E-state index in [0.717, 1.165) is 11.1 Å². The minimum absolute atomic E-state index is 0.0437. The van der Waals surface area contributed by atoms with Crippen LogP contribution in [0, 0.1) is 0 Å². The second-order valence-corrected chi connectivity index (χ2v) is 7.36. The van der Waals surface area contributed by atoms with Crippen LogP contribution in [0.2, 0.25) is 0 Å². The topological polar surface area (TPSA) is 46.2 Å². The predicted octanol–water partition coefficient (Wildman–Crippen LogP) is 3.97. The zero-order valence-corrected chi connectivity index (χ0v) is 13.4. The lowest BCUT2D eigenvalue weighted by Crippen LogP contribution is -2.19. The lowest BCUT2D eigenvalue weighted by Gasteiger charge is -2.13. The molecule has 112 valence electrons. The van der Waals surface area contributed by atoms with Crippen molar-refractivity contribution >= 4 is 27.3 Å². The molecule has 0 radical (unpaired) electrons. The van der Waals surface area contributed by atoms with Gasteiger partial charge in [0.1, 0.15) is 0 Å². The van der Waals surface area contributed by atoms with Gasteiger partial charge in [-0.25, -0.2) is 8.42 Å². The van der Waals surface area contributed by atoms with Crippen molar-refractivity contribution in [2.24, 2.45) is 0 Å². The highest BCUT2D eigenvalue weighted by atomic mass is 35.5. The Balaban J connectivity index is 2.08. The molecule has 0 aliphatic heterocycles. The number of anilines is 1. The molecule has 0 amide bonds. The molecular formula is C16H18ClNO2S.